The number of rotatable bonds is 10. The standard InChI is InChI=1S/C27H25IN2O5/c1-3-32-21-10-11-23-20(14-21)15-25(35-23)27(31)30-29-16-19-12-22(28)26(24(13-19)33-4-2)34-17-18-8-6-5-7-9-18/h5-16H,3-4,17H2,1-2H3,(H,30,31)/b29-16+. The van der Waals surface area contributed by atoms with Crippen molar-refractivity contribution < 1.29 is 23.4 Å². The molecule has 8 heteroatoms. The summed E-state index contributed by atoms with van der Waals surface area (Å²) in [5.74, 6) is 1.73. The van der Waals surface area contributed by atoms with Crippen molar-refractivity contribution in [3.05, 3.63) is 87.2 Å². The molecule has 0 aliphatic heterocycles. The Morgan fingerprint density at radius 1 is 1.00 bits per heavy atom. The number of nitrogens with zero attached hydrogens (tertiary/aromatic N) is 1. The van der Waals surface area contributed by atoms with Gasteiger partial charge in [-0.05, 0) is 84.0 Å². The summed E-state index contributed by atoms with van der Waals surface area (Å²) < 4.78 is 23.9. The van der Waals surface area contributed by atoms with Gasteiger partial charge in [0.15, 0.2) is 17.3 Å². The van der Waals surface area contributed by atoms with Crippen LogP contribution in [0, 0.1) is 3.57 Å². The van der Waals surface area contributed by atoms with E-state index in [0.717, 1.165) is 25.8 Å². The van der Waals surface area contributed by atoms with Gasteiger partial charge in [-0.1, -0.05) is 30.3 Å². The smallest absolute Gasteiger partial charge is 0.307 e. The van der Waals surface area contributed by atoms with Crippen LogP contribution in [0.25, 0.3) is 11.0 Å². The molecular formula is C27H25IN2O5. The van der Waals surface area contributed by atoms with Gasteiger partial charge in [0.05, 0.1) is 23.0 Å². The Balaban J connectivity index is 1.45. The van der Waals surface area contributed by atoms with Gasteiger partial charge in [-0.2, -0.15) is 5.10 Å². The number of hydrogen-bond donors (Lipinski definition) is 1. The Hall–Kier alpha value is -3.53. The molecule has 0 fully saturated rings. The molecular weight excluding hydrogens is 559 g/mol. The second-order valence-corrected chi connectivity index (χ2v) is 8.64. The Morgan fingerprint density at radius 2 is 1.80 bits per heavy atom. The molecule has 1 N–H and O–H groups in total. The third-order valence-corrected chi connectivity index (χ3v) is 5.76. The van der Waals surface area contributed by atoms with Crippen molar-refractivity contribution in [3.8, 4) is 17.2 Å². The second kappa shape index (κ2) is 11.7. The molecule has 0 saturated carbocycles. The van der Waals surface area contributed by atoms with E-state index in [4.69, 9.17) is 18.6 Å². The summed E-state index contributed by atoms with van der Waals surface area (Å²) in [5, 5.41) is 4.88. The van der Waals surface area contributed by atoms with E-state index in [-0.39, 0.29) is 5.76 Å². The molecule has 1 amide bonds. The van der Waals surface area contributed by atoms with Gasteiger partial charge in [0, 0.05) is 5.39 Å². The van der Waals surface area contributed by atoms with Crippen LogP contribution in [-0.4, -0.2) is 25.3 Å². The molecule has 0 aliphatic rings. The fraction of sp³-hybridized carbons (Fsp3) is 0.185. The number of carbonyl (C=O) groups excluding carboxylic acids is 1. The minimum absolute atomic E-state index is 0.167. The summed E-state index contributed by atoms with van der Waals surface area (Å²) in [6.45, 7) is 5.32. The third kappa shape index (κ3) is 6.33. The molecule has 35 heavy (non-hydrogen) atoms. The quantitative estimate of drug-likeness (QED) is 0.137. The van der Waals surface area contributed by atoms with Crippen molar-refractivity contribution in [1.29, 1.82) is 0 Å². The lowest BCUT2D eigenvalue weighted by molar-refractivity contribution is 0.0929. The van der Waals surface area contributed by atoms with Gasteiger partial charge in [0.25, 0.3) is 0 Å². The summed E-state index contributed by atoms with van der Waals surface area (Å²) in [6, 6.07) is 20.8. The fourth-order valence-corrected chi connectivity index (χ4v) is 4.19. The summed E-state index contributed by atoms with van der Waals surface area (Å²) in [4.78, 5) is 12.5. The number of halogens is 1. The van der Waals surface area contributed by atoms with Gasteiger partial charge in [-0.3, -0.25) is 4.79 Å². The second-order valence-electron chi connectivity index (χ2n) is 7.48. The van der Waals surface area contributed by atoms with Gasteiger partial charge in [-0.25, -0.2) is 5.43 Å². The number of furan rings is 1. The zero-order valence-electron chi connectivity index (χ0n) is 19.4. The number of benzene rings is 3. The zero-order valence-corrected chi connectivity index (χ0v) is 21.6. The number of nitrogens with one attached hydrogen (secondary N) is 1. The maximum absolute atomic E-state index is 12.5. The summed E-state index contributed by atoms with van der Waals surface area (Å²) >= 11 is 2.21. The van der Waals surface area contributed by atoms with Crippen molar-refractivity contribution in [2.24, 2.45) is 5.10 Å². The predicted octanol–water partition coefficient (Wildman–Crippen LogP) is 6.18. The summed E-state index contributed by atoms with van der Waals surface area (Å²) in [5.41, 5.74) is 4.94. The van der Waals surface area contributed by atoms with Crippen LogP contribution in [0.2, 0.25) is 0 Å². The van der Waals surface area contributed by atoms with E-state index < -0.39 is 5.91 Å². The average Bonchev–Trinajstić information content (AvgIpc) is 3.28. The Bertz CT molecular complexity index is 1330. The van der Waals surface area contributed by atoms with Crippen molar-refractivity contribution >= 4 is 45.7 Å². The molecule has 0 unspecified atom stereocenters. The Labute approximate surface area is 217 Å². The first-order chi connectivity index (χ1) is 17.1. The van der Waals surface area contributed by atoms with Crippen LogP contribution in [-0.2, 0) is 6.61 Å². The number of fused-ring (bicyclic) bond motifs is 1. The summed E-state index contributed by atoms with van der Waals surface area (Å²) in [6.07, 6.45) is 1.55. The lowest BCUT2D eigenvalue weighted by Crippen LogP contribution is -2.16. The molecule has 7 nitrogen and oxygen atoms in total. The number of hydrogen-bond acceptors (Lipinski definition) is 6. The molecule has 1 heterocycles. The van der Waals surface area contributed by atoms with Crippen LogP contribution in [0.5, 0.6) is 17.2 Å². The first-order valence-electron chi connectivity index (χ1n) is 11.2. The highest BCUT2D eigenvalue weighted by Crippen LogP contribution is 2.34. The Kier molecular flexibility index (Phi) is 8.25. The highest BCUT2D eigenvalue weighted by molar-refractivity contribution is 14.1. The van der Waals surface area contributed by atoms with Crippen LogP contribution >= 0.6 is 22.6 Å². The molecule has 4 aromatic rings. The normalized spacial score (nSPS) is 11.1. The highest BCUT2D eigenvalue weighted by Gasteiger charge is 2.14. The fourth-order valence-electron chi connectivity index (χ4n) is 3.41. The lowest BCUT2D eigenvalue weighted by atomic mass is 10.2. The highest BCUT2D eigenvalue weighted by atomic mass is 127. The first-order valence-corrected chi connectivity index (χ1v) is 12.3. The molecule has 4 rings (SSSR count). The van der Waals surface area contributed by atoms with Gasteiger partial charge < -0.3 is 18.6 Å². The Morgan fingerprint density at radius 3 is 2.57 bits per heavy atom. The molecule has 0 aliphatic carbocycles. The zero-order chi connectivity index (χ0) is 24.6. The van der Waals surface area contributed by atoms with Crippen molar-refractivity contribution in [1.82, 2.24) is 5.43 Å². The molecule has 1 aromatic heterocycles. The van der Waals surface area contributed by atoms with E-state index in [1.54, 1.807) is 24.4 Å². The van der Waals surface area contributed by atoms with E-state index in [2.05, 4.69) is 33.1 Å². The van der Waals surface area contributed by atoms with Gasteiger partial charge in [0.1, 0.15) is 17.9 Å². The van der Waals surface area contributed by atoms with Crippen LogP contribution in [0.15, 0.2) is 76.2 Å². The van der Waals surface area contributed by atoms with E-state index in [0.29, 0.717) is 36.9 Å². The van der Waals surface area contributed by atoms with Crippen molar-refractivity contribution in [3.63, 3.8) is 0 Å². The molecule has 0 atom stereocenters. The maximum atomic E-state index is 12.5. The molecule has 0 spiro atoms. The molecule has 180 valence electrons. The van der Waals surface area contributed by atoms with Gasteiger partial charge >= 0.3 is 5.91 Å². The lowest BCUT2D eigenvalue weighted by Gasteiger charge is -2.14. The van der Waals surface area contributed by atoms with Crippen LogP contribution in [0.3, 0.4) is 0 Å². The van der Waals surface area contributed by atoms with E-state index in [9.17, 15) is 4.79 Å². The van der Waals surface area contributed by atoms with Crippen molar-refractivity contribution in [2.75, 3.05) is 13.2 Å². The average molecular weight is 584 g/mol. The number of ether oxygens (including phenoxy) is 3. The van der Waals surface area contributed by atoms with Crippen LogP contribution in [0.1, 0.15) is 35.5 Å². The van der Waals surface area contributed by atoms with E-state index in [1.165, 1.54) is 0 Å². The van der Waals surface area contributed by atoms with Crippen LogP contribution in [0.4, 0.5) is 0 Å². The molecule has 0 saturated heterocycles. The molecule has 0 bridgehead atoms. The number of hydrazone groups is 1. The SMILES string of the molecule is CCOc1ccc2oc(C(=O)N/N=C/c3cc(I)c(OCc4ccccc4)c(OCC)c3)cc2c1. The topological polar surface area (TPSA) is 82.3 Å². The maximum Gasteiger partial charge on any atom is 0.307 e. The third-order valence-electron chi connectivity index (χ3n) is 4.96. The largest absolute Gasteiger partial charge is 0.494 e. The predicted molar refractivity (Wildman–Crippen MR) is 144 cm³/mol. The molecule has 3 aromatic carbocycles. The van der Waals surface area contributed by atoms with Crippen LogP contribution < -0.4 is 19.6 Å². The number of carbonyl (C=O) groups is 1. The van der Waals surface area contributed by atoms with Crippen molar-refractivity contribution in [2.45, 2.75) is 20.5 Å². The minimum atomic E-state index is -0.446. The first kappa shape index (κ1) is 24.6. The van der Waals surface area contributed by atoms with E-state index >= 15 is 0 Å². The van der Waals surface area contributed by atoms with E-state index in [1.807, 2.05) is 62.4 Å². The van der Waals surface area contributed by atoms with Gasteiger partial charge in [-0.15, -0.1) is 0 Å². The van der Waals surface area contributed by atoms with Gasteiger partial charge in [0.2, 0.25) is 0 Å². The summed E-state index contributed by atoms with van der Waals surface area (Å²) in [7, 11) is 0. The number of amides is 1. The minimum Gasteiger partial charge on any atom is -0.494 e. The monoisotopic (exact) mass is 584 g/mol. The molecule has 0 radical (unpaired) electrons.